The van der Waals surface area contributed by atoms with Crippen LogP contribution in [0.5, 0.6) is 0 Å². The van der Waals surface area contributed by atoms with E-state index in [2.05, 4.69) is 42.3 Å². The number of halogens is 1. The second kappa shape index (κ2) is 6.18. The average molecular weight is 275 g/mol. The molecule has 100 valence electrons. The van der Waals surface area contributed by atoms with E-state index in [4.69, 9.17) is 11.6 Å². The molecule has 2 nitrogen and oxygen atoms in total. The van der Waals surface area contributed by atoms with Crippen molar-refractivity contribution in [2.45, 2.75) is 26.8 Å². The molecule has 0 aliphatic heterocycles. The number of aryl methyl sites for hydroxylation is 2. The third-order valence-corrected chi connectivity index (χ3v) is 3.72. The van der Waals surface area contributed by atoms with E-state index in [1.807, 2.05) is 25.4 Å². The lowest BCUT2D eigenvalue weighted by atomic mass is 9.95. The Morgan fingerprint density at radius 1 is 1.21 bits per heavy atom. The Morgan fingerprint density at radius 3 is 2.63 bits per heavy atom. The molecule has 0 bridgehead atoms. The van der Waals surface area contributed by atoms with Gasteiger partial charge in [-0.3, -0.25) is 4.98 Å². The molecule has 2 rings (SSSR count). The molecule has 0 fully saturated rings. The highest BCUT2D eigenvalue weighted by Crippen LogP contribution is 2.27. The summed E-state index contributed by atoms with van der Waals surface area (Å²) in [5, 5.41) is 4.33. The number of nitrogens with zero attached hydrogens (tertiary/aromatic N) is 1. The SMILES string of the molecule is CCNC(c1ccc(C)c(Cl)c1)c1ccncc1C. The van der Waals surface area contributed by atoms with Gasteiger partial charge in [0.2, 0.25) is 0 Å². The smallest absolute Gasteiger partial charge is 0.0580 e. The molecule has 0 amide bonds. The first-order chi connectivity index (χ1) is 9.13. The summed E-state index contributed by atoms with van der Waals surface area (Å²) >= 11 is 6.25. The van der Waals surface area contributed by atoms with Crippen molar-refractivity contribution < 1.29 is 0 Å². The molecule has 1 unspecified atom stereocenters. The minimum absolute atomic E-state index is 0.158. The highest BCUT2D eigenvalue weighted by atomic mass is 35.5. The third kappa shape index (κ3) is 3.14. The van der Waals surface area contributed by atoms with Crippen molar-refractivity contribution in [1.29, 1.82) is 0 Å². The minimum Gasteiger partial charge on any atom is -0.307 e. The normalized spacial score (nSPS) is 12.4. The van der Waals surface area contributed by atoms with Crippen molar-refractivity contribution in [1.82, 2.24) is 10.3 Å². The maximum Gasteiger partial charge on any atom is 0.0580 e. The van der Waals surface area contributed by atoms with Crippen LogP contribution in [-0.2, 0) is 0 Å². The van der Waals surface area contributed by atoms with E-state index < -0.39 is 0 Å². The number of hydrogen-bond donors (Lipinski definition) is 1. The van der Waals surface area contributed by atoms with Crippen LogP contribution in [0.2, 0.25) is 5.02 Å². The van der Waals surface area contributed by atoms with Crippen molar-refractivity contribution in [3.05, 3.63) is 63.9 Å². The number of hydrogen-bond acceptors (Lipinski definition) is 2. The number of nitrogens with one attached hydrogen (secondary N) is 1. The molecule has 0 aliphatic rings. The lowest BCUT2D eigenvalue weighted by Crippen LogP contribution is -2.22. The topological polar surface area (TPSA) is 24.9 Å². The zero-order valence-corrected chi connectivity index (χ0v) is 12.3. The molecule has 0 saturated carbocycles. The van der Waals surface area contributed by atoms with Gasteiger partial charge in [0, 0.05) is 17.4 Å². The summed E-state index contributed by atoms with van der Waals surface area (Å²) in [7, 11) is 0. The van der Waals surface area contributed by atoms with Crippen LogP contribution in [0.3, 0.4) is 0 Å². The Hall–Kier alpha value is -1.38. The number of aromatic nitrogens is 1. The minimum atomic E-state index is 0.158. The van der Waals surface area contributed by atoms with E-state index in [0.29, 0.717) is 0 Å². The summed E-state index contributed by atoms with van der Waals surface area (Å²) in [5.41, 5.74) is 4.72. The molecule has 1 aromatic carbocycles. The van der Waals surface area contributed by atoms with E-state index in [0.717, 1.165) is 17.1 Å². The molecule has 0 saturated heterocycles. The molecule has 1 heterocycles. The lowest BCUT2D eigenvalue weighted by molar-refractivity contribution is 0.627. The van der Waals surface area contributed by atoms with Crippen LogP contribution in [0.1, 0.15) is 35.2 Å². The molecule has 2 aromatic rings. The van der Waals surface area contributed by atoms with Crippen molar-refractivity contribution >= 4 is 11.6 Å². The standard InChI is InChI=1S/C16H19ClN2/c1-4-19-16(14-7-8-18-10-12(14)3)13-6-5-11(2)15(17)9-13/h5-10,16,19H,4H2,1-3H3. The van der Waals surface area contributed by atoms with Gasteiger partial charge in [-0.15, -0.1) is 0 Å². The van der Waals surface area contributed by atoms with E-state index in [1.165, 1.54) is 16.7 Å². The first-order valence-corrected chi connectivity index (χ1v) is 6.91. The van der Waals surface area contributed by atoms with E-state index in [-0.39, 0.29) is 6.04 Å². The van der Waals surface area contributed by atoms with Crippen LogP contribution in [0.25, 0.3) is 0 Å². The van der Waals surface area contributed by atoms with E-state index in [1.54, 1.807) is 0 Å². The van der Waals surface area contributed by atoms with Gasteiger partial charge in [-0.1, -0.05) is 30.7 Å². The monoisotopic (exact) mass is 274 g/mol. The van der Waals surface area contributed by atoms with Gasteiger partial charge in [0.05, 0.1) is 6.04 Å². The second-order valence-electron chi connectivity index (χ2n) is 4.73. The van der Waals surface area contributed by atoms with E-state index in [9.17, 15) is 0 Å². The van der Waals surface area contributed by atoms with Gasteiger partial charge in [-0.05, 0) is 54.8 Å². The van der Waals surface area contributed by atoms with Crippen LogP contribution in [0.15, 0.2) is 36.7 Å². The molecular formula is C16H19ClN2. The van der Waals surface area contributed by atoms with Gasteiger partial charge in [0.15, 0.2) is 0 Å². The molecule has 0 spiro atoms. The van der Waals surface area contributed by atoms with Gasteiger partial charge in [-0.25, -0.2) is 0 Å². The van der Waals surface area contributed by atoms with Crippen molar-refractivity contribution in [3.8, 4) is 0 Å². The fourth-order valence-corrected chi connectivity index (χ4v) is 2.40. The van der Waals surface area contributed by atoms with Crippen LogP contribution in [0, 0.1) is 13.8 Å². The first-order valence-electron chi connectivity index (χ1n) is 6.53. The number of pyridine rings is 1. The first kappa shape index (κ1) is 14.0. The summed E-state index contributed by atoms with van der Waals surface area (Å²) in [4.78, 5) is 4.16. The average Bonchev–Trinajstić information content (AvgIpc) is 2.40. The van der Waals surface area contributed by atoms with Crippen molar-refractivity contribution in [2.24, 2.45) is 0 Å². The quantitative estimate of drug-likeness (QED) is 0.910. The zero-order valence-electron chi connectivity index (χ0n) is 11.6. The van der Waals surface area contributed by atoms with Gasteiger partial charge in [-0.2, -0.15) is 0 Å². The van der Waals surface area contributed by atoms with E-state index >= 15 is 0 Å². The Labute approximate surface area is 119 Å². The Bertz CT molecular complexity index is 566. The largest absolute Gasteiger partial charge is 0.307 e. The zero-order chi connectivity index (χ0) is 13.8. The maximum atomic E-state index is 6.25. The molecule has 1 aromatic heterocycles. The van der Waals surface area contributed by atoms with Gasteiger partial charge in [0.1, 0.15) is 0 Å². The molecule has 19 heavy (non-hydrogen) atoms. The maximum absolute atomic E-state index is 6.25. The Kier molecular flexibility index (Phi) is 4.56. The predicted octanol–water partition coefficient (Wildman–Crippen LogP) is 4.05. The molecule has 0 radical (unpaired) electrons. The fourth-order valence-electron chi connectivity index (χ4n) is 2.21. The molecular weight excluding hydrogens is 256 g/mol. The van der Waals surface area contributed by atoms with Crippen LogP contribution in [-0.4, -0.2) is 11.5 Å². The fraction of sp³-hybridized carbons (Fsp3) is 0.312. The molecule has 1 atom stereocenters. The lowest BCUT2D eigenvalue weighted by Gasteiger charge is -2.21. The second-order valence-corrected chi connectivity index (χ2v) is 5.14. The predicted molar refractivity (Wildman–Crippen MR) is 80.7 cm³/mol. The van der Waals surface area contributed by atoms with Crippen molar-refractivity contribution in [2.75, 3.05) is 6.54 Å². The molecule has 3 heteroatoms. The van der Waals surface area contributed by atoms with Crippen LogP contribution in [0.4, 0.5) is 0 Å². The highest BCUT2D eigenvalue weighted by molar-refractivity contribution is 6.31. The summed E-state index contributed by atoms with van der Waals surface area (Å²) in [6.45, 7) is 7.12. The summed E-state index contributed by atoms with van der Waals surface area (Å²) in [6.07, 6.45) is 3.73. The summed E-state index contributed by atoms with van der Waals surface area (Å²) in [5.74, 6) is 0. The van der Waals surface area contributed by atoms with Gasteiger partial charge >= 0.3 is 0 Å². The van der Waals surface area contributed by atoms with Gasteiger partial charge in [0.25, 0.3) is 0 Å². The summed E-state index contributed by atoms with van der Waals surface area (Å²) < 4.78 is 0. The van der Waals surface area contributed by atoms with Crippen LogP contribution >= 0.6 is 11.6 Å². The number of rotatable bonds is 4. The Morgan fingerprint density at radius 2 is 2.00 bits per heavy atom. The third-order valence-electron chi connectivity index (χ3n) is 3.31. The van der Waals surface area contributed by atoms with Crippen LogP contribution < -0.4 is 5.32 Å². The Balaban J connectivity index is 2.45. The molecule has 0 aliphatic carbocycles. The number of benzene rings is 1. The van der Waals surface area contributed by atoms with Gasteiger partial charge < -0.3 is 5.32 Å². The summed E-state index contributed by atoms with van der Waals surface area (Å²) in [6, 6.07) is 8.47. The highest BCUT2D eigenvalue weighted by Gasteiger charge is 2.15. The molecule has 1 N–H and O–H groups in total. The van der Waals surface area contributed by atoms with Crippen molar-refractivity contribution in [3.63, 3.8) is 0 Å².